The number of amides is 1. The fourth-order valence-corrected chi connectivity index (χ4v) is 2.19. The summed E-state index contributed by atoms with van der Waals surface area (Å²) in [6.45, 7) is 4.48. The molecule has 0 bridgehead atoms. The second-order valence-electron chi connectivity index (χ2n) is 5.07. The number of carbonyl (C=O) groups excluding carboxylic acids is 1. The summed E-state index contributed by atoms with van der Waals surface area (Å²) in [5, 5.41) is 9.95. The van der Waals surface area contributed by atoms with Crippen LogP contribution < -0.4 is 10.6 Å². The molecule has 1 amide bonds. The Morgan fingerprint density at radius 1 is 1.19 bits per heavy atom. The molecule has 4 nitrogen and oxygen atoms in total. The van der Waals surface area contributed by atoms with Crippen LogP contribution in [0, 0.1) is 6.92 Å². The van der Waals surface area contributed by atoms with Gasteiger partial charge < -0.3 is 15.7 Å². The van der Waals surface area contributed by atoms with Gasteiger partial charge in [-0.15, -0.1) is 0 Å². The summed E-state index contributed by atoms with van der Waals surface area (Å²) in [6.07, 6.45) is 0.822. The summed E-state index contributed by atoms with van der Waals surface area (Å²) in [6, 6.07) is 12.2. The molecule has 0 aliphatic rings. The van der Waals surface area contributed by atoms with Gasteiger partial charge in [0.1, 0.15) is 5.75 Å². The lowest BCUT2D eigenvalue weighted by Gasteiger charge is -2.23. The van der Waals surface area contributed by atoms with E-state index in [9.17, 15) is 9.90 Å². The molecule has 0 spiro atoms. The van der Waals surface area contributed by atoms with Crippen LogP contribution in [0.2, 0.25) is 0 Å². The largest absolute Gasteiger partial charge is 0.507 e. The second kappa shape index (κ2) is 6.31. The van der Waals surface area contributed by atoms with Gasteiger partial charge in [0.2, 0.25) is 0 Å². The molecule has 0 saturated carbocycles. The van der Waals surface area contributed by atoms with E-state index in [0.29, 0.717) is 17.8 Å². The molecule has 3 N–H and O–H groups in total. The van der Waals surface area contributed by atoms with Crippen molar-refractivity contribution in [1.82, 2.24) is 0 Å². The van der Waals surface area contributed by atoms with Gasteiger partial charge in [-0.1, -0.05) is 18.6 Å². The molecule has 21 heavy (non-hydrogen) atoms. The lowest BCUT2D eigenvalue weighted by Crippen LogP contribution is -2.31. The van der Waals surface area contributed by atoms with E-state index < -0.39 is 0 Å². The third-order valence-electron chi connectivity index (χ3n) is 3.28. The van der Waals surface area contributed by atoms with Crippen LogP contribution in [-0.2, 0) is 0 Å². The normalized spacial score (nSPS) is 10.4. The van der Waals surface area contributed by atoms with Crippen molar-refractivity contribution in [2.24, 2.45) is 0 Å². The van der Waals surface area contributed by atoms with Crippen LogP contribution in [0.15, 0.2) is 42.5 Å². The molecule has 0 aromatic heterocycles. The highest BCUT2D eigenvalue weighted by molar-refractivity contribution is 6.08. The number of anilines is 2. The van der Waals surface area contributed by atoms with E-state index in [0.717, 1.165) is 17.7 Å². The van der Waals surface area contributed by atoms with E-state index >= 15 is 0 Å². The number of benzene rings is 2. The summed E-state index contributed by atoms with van der Waals surface area (Å²) in [7, 11) is 0. The minimum absolute atomic E-state index is 0.00199. The van der Waals surface area contributed by atoms with Gasteiger partial charge in [0, 0.05) is 17.9 Å². The Balaban J connectivity index is 2.39. The molecule has 0 fully saturated rings. The zero-order valence-electron chi connectivity index (χ0n) is 12.3. The molecule has 0 unspecified atom stereocenters. The molecule has 0 saturated heterocycles. The third kappa shape index (κ3) is 3.34. The summed E-state index contributed by atoms with van der Waals surface area (Å²) in [5.41, 5.74) is 8.37. The van der Waals surface area contributed by atoms with E-state index in [1.54, 1.807) is 35.2 Å². The maximum Gasteiger partial charge on any atom is 0.262 e. The van der Waals surface area contributed by atoms with Crippen LogP contribution in [0.3, 0.4) is 0 Å². The molecule has 0 aliphatic heterocycles. The minimum Gasteiger partial charge on any atom is -0.507 e. The van der Waals surface area contributed by atoms with Gasteiger partial charge in [-0.05, 0) is 49.7 Å². The number of rotatable bonds is 4. The lowest BCUT2D eigenvalue weighted by atomic mass is 10.1. The van der Waals surface area contributed by atoms with E-state index in [2.05, 4.69) is 0 Å². The van der Waals surface area contributed by atoms with Crippen LogP contribution in [0.5, 0.6) is 5.75 Å². The van der Waals surface area contributed by atoms with Gasteiger partial charge in [-0.3, -0.25) is 4.79 Å². The van der Waals surface area contributed by atoms with E-state index in [-0.39, 0.29) is 11.7 Å². The predicted molar refractivity (Wildman–Crippen MR) is 85.7 cm³/mol. The van der Waals surface area contributed by atoms with Gasteiger partial charge in [0.15, 0.2) is 0 Å². The molecular weight excluding hydrogens is 264 g/mol. The molecular formula is C17H20N2O2. The smallest absolute Gasteiger partial charge is 0.262 e. The van der Waals surface area contributed by atoms with E-state index in [1.807, 2.05) is 26.0 Å². The first-order valence-electron chi connectivity index (χ1n) is 7.00. The first kappa shape index (κ1) is 14.9. The standard InChI is InChI=1S/C17H20N2O2/c1-3-10-19(14-7-5-13(18)6-8-14)17(21)15-11-12(2)4-9-16(15)20/h4-9,11,20H,3,10,18H2,1-2H3. The lowest BCUT2D eigenvalue weighted by molar-refractivity contribution is 0.0984. The van der Waals surface area contributed by atoms with Crippen LogP contribution in [0.1, 0.15) is 29.3 Å². The SMILES string of the molecule is CCCN(C(=O)c1cc(C)ccc1O)c1ccc(N)cc1. The quantitative estimate of drug-likeness (QED) is 0.846. The Hall–Kier alpha value is -2.49. The number of hydrogen-bond acceptors (Lipinski definition) is 3. The molecule has 2 aromatic carbocycles. The van der Waals surface area contributed by atoms with Crippen LogP contribution in [-0.4, -0.2) is 17.6 Å². The van der Waals surface area contributed by atoms with Crippen molar-refractivity contribution < 1.29 is 9.90 Å². The Kier molecular flexibility index (Phi) is 4.48. The summed E-state index contributed by atoms with van der Waals surface area (Å²) in [5.74, 6) is -0.204. The van der Waals surface area contributed by atoms with Crippen molar-refractivity contribution in [2.45, 2.75) is 20.3 Å². The highest BCUT2D eigenvalue weighted by Gasteiger charge is 2.20. The molecule has 0 radical (unpaired) electrons. The molecule has 0 aliphatic carbocycles. The van der Waals surface area contributed by atoms with Gasteiger partial charge in [-0.2, -0.15) is 0 Å². The fourth-order valence-electron chi connectivity index (χ4n) is 2.19. The highest BCUT2D eigenvalue weighted by atomic mass is 16.3. The van der Waals surface area contributed by atoms with Crippen LogP contribution >= 0.6 is 0 Å². The molecule has 0 atom stereocenters. The van der Waals surface area contributed by atoms with Crippen molar-refractivity contribution in [2.75, 3.05) is 17.2 Å². The zero-order valence-corrected chi connectivity index (χ0v) is 12.3. The number of phenolic OH excluding ortho intramolecular Hbond substituents is 1. The third-order valence-corrected chi connectivity index (χ3v) is 3.28. The van der Waals surface area contributed by atoms with Gasteiger partial charge in [0.25, 0.3) is 5.91 Å². The summed E-state index contributed by atoms with van der Waals surface area (Å²) in [4.78, 5) is 14.4. The number of nitrogen functional groups attached to an aromatic ring is 1. The van der Waals surface area contributed by atoms with Crippen molar-refractivity contribution in [1.29, 1.82) is 0 Å². The van der Waals surface area contributed by atoms with E-state index in [4.69, 9.17) is 5.73 Å². The van der Waals surface area contributed by atoms with Crippen LogP contribution in [0.25, 0.3) is 0 Å². The Morgan fingerprint density at radius 2 is 1.86 bits per heavy atom. The minimum atomic E-state index is -0.206. The number of carbonyl (C=O) groups is 1. The van der Waals surface area contributed by atoms with Crippen LogP contribution in [0.4, 0.5) is 11.4 Å². The predicted octanol–water partition coefficient (Wildman–Crippen LogP) is 3.34. The molecule has 2 rings (SSSR count). The van der Waals surface area contributed by atoms with E-state index in [1.165, 1.54) is 0 Å². The maximum absolute atomic E-state index is 12.7. The first-order chi connectivity index (χ1) is 10.0. The molecule has 4 heteroatoms. The summed E-state index contributed by atoms with van der Waals surface area (Å²) >= 11 is 0. The molecule has 110 valence electrons. The van der Waals surface area contributed by atoms with Crippen molar-refractivity contribution in [3.63, 3.8) is 0 Å². The number of aryl methyl sites for hydroxylation is 1. The van der Waals surface area contributed by atoms with Gasteiger partial charge >= 0.3 is 0 Å². The number of phenols is 1. The monoisotopic (exact) mass is 284 g/mol. The highest BCUT2D eigenvalue weighted by Crippen LogP contribution is 2.24. The second-order valence-corrected chi connectivity index (χ2v) is 5.07. The Morgan fingerprint density at radius 3 is 2.48 bits per heavy atom. The van der Waals surface area contributed by atoms with Crippen molar-refractivity contribution in [3.8, 4) is 5.75 Å². The molecule has 0 heterocycles. The number of aromatic hydroxyl groups is 1. The van der Waals surface area contributed by atoms with Gasteiger partial charge in [0.05, 0.1) is 5.56 Å². The topological polar surface area (TPSA) is 66.6 Å². The Bertz CT molecular complexity index is 636. The maximum atomic E-state index is 12.7. The van der Waals surface area contributed by atoms with Gasteiger partial charge in [-0.25, -0.2) is 0 Å². The fraction of sp³-hybridized carbons (Fsp3) is 0.235. The van der Waals surface area contributed by atoms with Crippen molar-refractivity contribution >= 4 is 17.3 Å². The molecule has 2 aromatic rings. The Labute approximate surface area is 124 Å². The summed E-state index contributed by atoms with van der Waals surface area (Å²) < 4.78 is 0. The van der Waals surface area contributed by atoms with Crippen molar-refractivity contribution in [3.05, 3.63) is 53.6 Å². The average molecular weight is 284 g/mol. The number of nitrogens with two attached hydrogens (primary N) is 1. The first-order valence-corrected chi connectivity index (χ1v) is 7.00. The average Bonchev–Trinajstić information content (AvgIpc) is 2.48. The number of nitrogens with zero attached hydrogens (tertiary/aromatic N) is 1. The zero-order chi connectivity index (χ0) is 15.4. The number of hydrogen-bond donors (Lipinski definition) is 2.